The molecule has 0 spiro atoms. The molecule has 0 saturated carbocycles. The first kappa shape index (κ1) is 8.41. The molecule has 6 heteroatoms. The van der Waals surface area contributed by atoms with Crippen molar-refractivity contribution in [3.8, 4) is 0 Å². The number of hydrogen-bond donors (Lipinski definition) is 2. The van der Waals surface area contributed by atoms with Crippen LogP contribution in [0, 0.1) is 0 Å². The SMILES string of the molecule is O=CNCC(=O)ONC=O. The Morgan fingerprint density at radius 3 is 2.60 bits per heavy atom. The lowest BCUT2D eigenvalue weighted by atomic mass is 10.7. The highest BCUT2D eigenvalue weighted by atomic mass is 16.7. The number of nitrogens with one attached hydrogen (secondary N) is 2. The Hall–Kier alpha value is -1.59. The van der Waals surface area contributed by atoms with Gasteiger partial charge in [0, 0.05) is 0 Å². The van der Waals surface area contributed by atoms with Crippen molar-refractivity contribution >= 4 is 18.8 Å². The van der Waals surface area contributed by atoms with Gasteiger partial charge in [0.25, 0.3) is 0 Å². The van der Waals surface area contributed by atoms with Crippen molar-refractivity contribution in [2.75, 3.05) is 6.54 Å². The molecule has 0 aromatic rings. The molecule has 0 aliphatic rings. The lowest BCUT2D eigenvalue weighted by Crippen LogP contribution is -2.28. The molecule has 0 aromatic carbocycles. The Balaban J connectivity index is 3.24. The molecule has 0 atom stereocenters. The third-order valence-corrected chi connectivity index (χ3v) is 0.551. The Bertz CT molecular complexity index is 121. The predicted octanol–water partition coefficient (Wildman–Crippen LogP) is -2.06. The summed E-state index contributed by atoms with van der Waals surface area (Å²) < 4.78 is 0. The summed E-state index contributed by atoms with van der Waals surface area (Å²) in [6.07, 6.45) is 0.557. The van der Waals surface area contributed by atoms with Crippen molar-refractivity contribution in [1.29, 1.82) is 0 Å². The van der Waals surface area contributed by atoms with Crippen molar-refractivity contribution in [2.24, 2.45) is 0 Å². The summed E-state index contributed by atoms with van der Waals surface area (Å²) in [6.45, 7) is -0.260. The van der Waals surface area contributed by atoms with Crippen LogP contribution in [0.15, 0.2) is 0 Å². The van der Waals surface area contributed by atoms with Crippen LogP contribution in [0.1, 0.15) is 0 Å². The zero-order valence-electron chi connectivity index (χ0n) is 4.99. The number of carbonyl (C=O) groups excluding carboxylic acids is 3. The van der Waals surface area contributed by atoms with E-state index in [-0.39, 0.29) is 13.0 Å². The molecule has 0 rings (SSSR count). The summed E-state index contributed by atoms with van der Waals surface area (Å²) in [4.78, 5) is 33.4. The first-order valence-corrected chi connectivity index (χ1v) is 2.37. The molecule has 2 amide bonds. The molecule has 0 aliphatic heterocycles. The van der Waals surface area contributed by atoms with Crippen molar-refractivity contribution in [3.63, 3.8) is 0 Å². The zero-order chi connectivity index (χ0) is 7.82. The lowest BCUT2D eigenvalue weighted by Gasteiger charge is -1.97. The van der Waals surface area contributed by atoms with Gasteiger partial charge in [0.1, 0.15) is 6.54 Å². The largest absolute Gasteiger partial charge is 0.351 e. The molecule has 0 aromatic heterocycles. The number of hydrogen-bond acceptors (Lipinski definition) is 4. The Kier molecular flexibility index (Phi) is 4.66. The van der Waals surface area contributed by atoms with E-state index >= 15 is 0 Å². The normalized spacial score (nSPS) is 7.60. The van der Waals surface area contributed by atoms with E-state index in [0.717, 1.165) is 0 Å². The second kappa shape index (κ2) is 5.54. The maximum Gasteiger partial charge on any atom is 0.351 e. The average Bonchev–Trinajstić information content (AvgIpc) is 1.97. The topological polar surface area (TPSA) is 84.5 Å². The van der Waals surface area contributed by atoms with Gasteiger partial charge >= 0.3 is 5.97 Å². The fourth-order valence-corrected chi connectivity index (χ4v) is 0.251. The van der Waals surface area contributed by atoms with E-state index in [2.05, 4.69) is 4.84 Å². The predicted molar refractivity (Wildman–Crippen MR) is 29.4 cm³/mol. The second-order valence-electron chi connectivity index (χ2n) is 1.21. The van der Waals surface area contributed by atoms with Crippen LogP contribution in [0.3, 0.4) is 0 Å². The van der Waals surface area contributed by atoms with Crippen molar-refractivity contribution in [3.05, 3.63) is 0 Å². The molecule has 2 N–H and O–H groups in total. The third kappa shape index (κ3) is 4.57. The van der Waals surface area contributed by atoms with Crippen molar-refractivity contribution in [2.45, 2.75) is 0 Å². The molecular formula is C4H6N2O4. The minimum atomic E-state index is -0.737. The Morgan fingerprint density at radius 1 is 1.40 bits per heavy atom. The summed E-state index contributed by atoms with van der Waals surface area (Å²) in [5, 5.41) is 2.05. The fraction of sp³-hybridized carbons (Fsp3) is 0.250. The standard InChI is InChI=1S/C4H6N2O4/c7-2-5-1-4(9)10-6-3-8/h2-3H,1H2,(H,5,7)(H,6,8). The average molecular weight is 146 g/mol. The summed E-state index contributed by atoms with van der Waals surface area (Å²) in [6, 6.07) is 0. The number of carbonyl (C=O) groups is 3. The van der Waals surface area contributed by atoms with Crippen LogP contribution in [-0.4, -0.2) is 25.3 Å². The third-order valence-electron chi connectivity index (χ3n) is 0.551. The smallest absolute Gasteiger partial charge is 0.348 e. The van der Waals surface area contributed by atoms with E-state index in [4.69, 9.17) is 0 Å². The number of amides is 2. The quantitative estimate of drug-likeness (QED) is 0.345. The van der Waals surface area contributed by atoms with Crippen molar-refractivity contribution in [1.82, 2.24) is 10.8 Å². The number of hydroxylamine groups is 1. The van der Waals surface area contributed by atoms with E-state index in [0.29, 0.717) is 6.41 Å². The molecule has 0 aliphatic carbocycles. The van der Waals surface area contributed by atoms with E-state index in [1.54, 1.807) is 5.48 Å². The highest BCUT2D eigenvalue weighted by Crippen LogP contribution is 1.65. The van der Waals surface area contributed by atoms with Crippen LogP contribution < -0.4 is 10.8 Å². The van der Waals surface area contributed by atoms with Gasteiger partial charge < -0.3 is 10.2 Å². The first-order chi connectivity index (χ1) is 4.81. The summed E-state index contributed by atoms with van der Waals surface area (Å²) in [5.74, 6) is -0.737. The number of rotatable bonds is 5. The highest BCUT2D eigenvalue weighted by Gasteiger charge is 1.98. The first-order valence-electron chi connectivity index (χ1n) is 2.37. The van der Waals surface area contributed by atoms with Gasteiger partial charge in [-0.3, -0.25) is 9.59 Å². The van der Waals surface area contributed by atoms with E-state index < -0.39 is 5.97 Å². The molecule has 0 saturated heterocycles. The molecular weight excluding hydrogens is 140 g/mol. The summed E-state index contributed by atoms with van der Waals surface area (Å²) in [5.41, 5.74) is 1.67. The van der Waals surface area contributed by atoms with Gasteiger partial charge in [-0.2, -0.15) is 5.48 Å². The van der Waals surface area contributed by atoms with Gasteiger partial charge in [-0.05, 0) is 0 Å². The molecule has 0 unspecified atom stereocenters. The van der Waals surface area contributed by atoms with Gasteiger partial charge in [0.05, 0.1) is 0 Å². The summed E-state index contributed by atoms with van der Waals surface area (Å²) in [7, 11) is 0. The van der Waals surface area contributed by atoms with Crippen LogP contribution in [0.4, 0.5) is 0 Å². The molecule has 0 bridgehead atoms. The van der Waals surface area contributed by atoms with E-state index in [1.165, 1.54) is 0 Å². The molecule has 0 fully saturated rings. The maximum absolute atomic E-state index is 10.3. The highest BCUT2D eigenvalue weighted by molar-refractivity contribution is 5.74. The van der Waals surface area contributed by atoms with Crippen LogP contribution in [0.5, 0.6) is 0 Å². The second-order valence-corrected chi connectivity index (χ2v) is 1.21. The maximum atomic E-state index is 10.3. The molecule has 56 valence electrons. The van der Waals surface area contributed by atoms with Crippen LogP contribution >= 0.6 is 0 Å². The van der Waals surface area contributed by atoms with Gasteiger partial charge in [-0.15, -0.1) is 0 Å². The fourth-order valence-electron chi connectivity index (χ4n) is 0.251. The van der Waals surface area contributed by atoms with Gasteiger partial charge in [-0.25, -0.2) is 4.79 Å². The Labute approximate surface area is 56.5 Å². The lowest BCUT2D eigenvalue weighted by molar-refractivity contribution is -0.153. The Morgan fingerprint density at radius 2 is 2.10 bits per heavy atom. The monoisotopic (exact) mass is 146 g/mol. The molecule has 0 radical (unpaired) electrons. The summed E-state index contributed by atoms with van der Waals surface area (Å²) >= 11 is 0. The molecule has 0 heterocycles. The minimum Gasteiger partial charge on any atom is -0.348 e. The van der Waals surface area contributed by atoms with Crippen molar-refractivity contribution < 1.29 is 19.2 Å². The van der Waals surface area contributed by atoms with Crippen LogP contribution in [-0.2, 0) is 19.2 Å². The van der Waals surface area contributed by atoms with E-state index in [1.807, 2.05) is 5.32 Å². The van der Waals surface area contributed by atoms with Gasteiger partial charge in [0.15, 0.2) is 0 Å². The van der Waals surface area contributed by atoms with Crippen LogP contribution in [0.2, 0.25) is 0 Å². The molecule has 6 nitrogen and oxygen atoms in total. The van der Waals surface area contributed by atoms with Gasteiger partial charge in [0.2, 0.25) is 12.8 Å². The zero-order valence-corrected chi connectivity index (χ0v) is 4.99. The molecule has 10 heavy (non-hydrogen) atoms. The van der Waals surface area contributed by atoms with Gasteiger partial charge in [-0.1, -0.05) is 0 Å². The van der Waals surface area contributed by atoms with E-state index in [9.17, 15) is 14.4 Å². The minimum absolute atomic E-state index is 0.207. The van der Waals surface area contributed by atoms with Crippen LogP contribution in [0.25, 0.3) is 0 Å².